The van der Waals surface area contributed by atoms with E-state index in [9.17, 15) is 14.4 Å². The molecule has 0 heterocycles. The zero-order valence-corrected chi connectivity index (χ0v) is 12.1. The van der Waals surface area contributed by atoms with Gasteiger partial charge in [0.15, 0.2) is 0 Å². The molecule has 104 valence electrons. The van der Waals surface area contributed by atoms with Crippen molar-refractivity contribution in [2.75, 3.05) is 0 Å². The van der Waals surface area contributed by atoms with E-state index in [0.717, 1.165) is 12.8 Å². The third-order valence-electron chi connectivity index (χ3n) is 2.88. The highest BCUT2D eigenvalue weighted by atomic mass is 16.2. The Labute approximate surface area is 110 Å². The molecule has 0 aliphatic carbocycles. The Morgan fingerprint density at radius 1 is 0.722 bits per heavy atom. The Morgan fingerprint density at radius 3 is 1.33 bits per heavy atom. The van der Waals surface area contributed by atoms with Crippen LogP contribution in [-0.4, -0.2) is 17.3 Å². The molecule has 0 bridgehead atoms. The van der Waals surface area contributed by atoms with Gasteiger partial charge in [-0.05, 0) is 24.7 Å². The van der Waals surface area contributed by atoms with Gasteiger partial charge in [0.2, 0.25) is 11.6 Å². The number of Topliss-reactive ketones (excluding diaryl/α,β-unsaturated/α-hetero) is 3. The van der Waals surface area contributed by atoms with Gasteiger partial charge < -0.3 is 0 Å². The zero-order valence-electron chi connectivity index (χ0n) is 12.1. The van der Waals surface area contributed by atoms with Crippen molar-refractivity contribution in [2.24, 2.45) is 11.8 Å². The molecule has 0 saturated heterocycles. The van der Waals surface area contributed by atoms with E-state index in [1.165, 1.54) is 0 Å². The summed E-state index contributed by atoms with van der Waals surface area (Å²) in [6, 6.07) is 0. The average Bonchev–Trinajstić information content (AvgIpc) is 2.26. The van der Waals surface area contributed by atoms with E-state index in [4.69, 9.17) is 0 Å². The summed E-state index contributed by atoms with van der Waals surface area (Å²) in [5.74, 6) is -0.762. The summed E-state index contributed by atoms with van der Waals surface area (Å²) < 4.78 is 0. The molecule has 0 fully saturated rings. The van der Waals surface area contributed by atoms with Crippen molar-refractivity contribution in [1.29, 1.82) is 0 Å². The first kappa shape index (κ1) is 17.0. The van der Waals surface area contributed by atoms with Gasteiger partial charge in [0.05, 0.1) is 0 Å². The monoisotopic (exact) mass is 254 g/mol. The molecule has 0 aromatic heterocycles. The van der Waals surface area contributed by atoms with Gasteiger partial charge >= 0.3 is 0 Å². The molecule has 0 aromatic carbocycles. The fourth-order valence-electron chi connectivity index (χ4n) is 1.72. The van der Waals surface area contributed by atoms with Gasteiger partial charge in [0, 0.05) is 12.8 Å². The van der Waals surface area contributed by atoms with Crippen molar-refractivity contribution in [3.05, 3.63) is 0 Å². The number of hydrogen-bond acceptors (Lipinski definition) is 3. The van der Waals surface area contributed by atoms with Crippen LogP contribution < -0.4 is 0 Å². The maximum absolute atomic E-state index is 11.5. The van der Waals surface area contributed by atoms with Gasteiger partial charge in [-0.3, -0.25) is 14.4 Å². The molecule has 0 aliphatic heterocycles. The first-order valence-electron chi connectivity index (χ1n) is 6.95. The smallest absolute Gasteiger partial charge is 0.264 e. The van der Waals surface area contributed by atoms with Crippen molar-refractivity contribution in [3.8, 4) is 0 Å². The highest BCUT2D eigenvalue weighted by Gasteiger charge is 2.21. The van der Waals surface area contributed by atoms with Crippen molar-refractivity contribution in [2.45, 2.75) is 66.2 Å². The highest BCUT2D eigenvalue weighted by Crippen LogP contribution is 2.09. The van der Waals surface area contributed by atoms with Crippen LogP contribution in [0.5, 0.6) is 0 Å². The first-order valence-corrected chi connectivity index (χ1v) is 6.95. The maximum Gasteiger partial charge on any atom is 0.264 e. The highest BCUT2D eigenvalue weighted by molar-refractivity contribution is 6.63. The molecule has 0 amide bonds. The van der Waals surface area contributed by atoms with Crippen molar-refractivity contribution in [1.82, 2.24) is 0 Å². The minimum absolute atomic E-state index is 0.215. The topological polar surface area (TPSA) is 51.2 Å². The van der Waals surface area contributed by atoms with Gasteiger partial charge in [0.25, 0.3) is 5.78 Å². The summed E-state index contributed by atoms with van der Waals surface area (Å²) in [7, 11) is 0. The number of rotatable bonds is 10. The fourth-order valence-corrected chi connectivity index (χ4v) is 1.72. The van der Waals surface area contributed by atoms with Gasteiger partial charge in [0.1, 0.15) is 0 Å². The predicted molar refractivity (Wildman–Crippen MR) is 72.4 cm³/mol. The fraction of sp³-hybridized carbons (Fsp3) is 0.800. The van der Waals surface area contributed by atoms with Crippen LogP contribution in [-0.2, 0) is 14.4 Å². The van der Waals surface area contributed by atoms with Gasteiger partial charge in [-0.25, -0.2) is 0 Å². The third kappa shape index (κ3) is 8.15. The minimum atomic E-state index is -0.789. The van der Waals surface area contributed by atoms with Crippen LogP contribution in [0.15, 0.2) is 0 Å². The second-order valence-electron chi connectivity index (χ2n) is 5.75. The molecular weight excluding hydrogens is 228 g/mol. The van der Waals surface area contributed by atoms with Crippen LogP contribution in [0, 0.1) is 11.8 Å². The normalized spacial score (nSPS) is 11.0. The number of ketones is 3. The van der Waals surface area contributed by atoms with Crippen LogP contribution in [0.25, 0.3) is 0 Å². The van der Waals surface area contributed by atoms with Crippen molar-refractivity contribution in [3.63, 3.8) is 0 Å². The van der Waals surface area contributed by atoms with E-state index >= 15 is 0 Å². The number of carbonyl (C=O) groups is 3. The molecule has 0 radical (unpaired) electrons. The summed E-state index contributed by atoms with van der Waals surface area (Å²) in [4.78, 5) is 34.5. The summed E-state index contributed by atoms with van der Waals surface area (Å²) >= 11 is 0. The Bertz CT molecular complexity index is 262. The SMILES string of the molecule is CC(C)CCCC(=O)C(=O)C(=O)CCCC(C)C. The molecular formula is C15H26O3. The summed E-state index contributed by atoms with van der Waals surface area (Å²) in [6.07, 6.45) is 3.66. The van der Waals surface area contributed by atoms with Crippen LogP contribution in [0.2, 0.25) is 0 Å². The summed E-state index contributed by atoms with van der Waals surface area (Å²) in [5, 5.41) is 0. The Balaban J connectivity index is 3.90. The predicted octanol–water partition coefficient (Wildman–Crippen LogP) is 3.35. The molecule has 3 heteroatoms. The van der Waals surface area contributed by atoms with Gasteiger partial charge in [-0.2, -0.15) is 0 Å². The van der Waals surface area contributed by atoms with Crippen LogP contribution in [0.4, 0.5) is 0 Å². The van der Waals surface area contributed by atoms with E-state index < -0.39 is 17.3 Å². The molecule has 3 nitrogen and oxygen atoms in total. The molecule has 0 aliphatic rings. The van der Waals surface area contributed by atoms with Crippen molar-refractivity contribution >= 4 is 17.3 Å². The zero-order chi connectivity index (χ0) is 14.1. The van der Waals surface area contributed by atoms with E-state index in [2.05, 4.69) is 27.7 Å². The van der Waals surface area contributed by atoms with Crippen LogP contribution in [0.3, 0.4) is 0 Å². The molecule has 0 rings (SSSR count). The molecule has 0 unspecified atom stereocenters. The molecule has 0 N–H and O–H groups in total. The first-order chi connectivity index (χ1) is 8.34. The Kier molecular flexibility index (Phi) is 8.51. The van der Waals surface area contributed by atoms with Crippen LogP contribution >= 0.6 is 0 Å². The molecule has 18 heavy (non-hydrogen) atoms. The molecule has 0 saturated carbocycles. The van der Waals surface area contributed by atoms with Gasteiger partial charge in [-0.15, -0.1) is 0 Å². The maximum atomic E-state index is 11.5. The number of hydrogen-bond donors (Lipinski definition) is 0. The second kappa shape index (κ2) is 9.01. The molecule has 0 spiro atoms. The summed E-state index contributed by atoms with van der Waals surface area (Å²) in [6.45, 7) is 8.29. The van der Waals surface area contributed by atoms with Crippen molar-refractivity contribution < 1.29 is 14.4 Å². The van der Waals surface area contributed by atoms with E-state index in [1.807, 2.05) is 0 Å². The Morgan fingerprint density at radius 2 is 1.06 bits per heavy atom. The van der Waals surface area contributed by atoms with E-state index in [1.54, 1.807) is 0 Å². The quantitative estimate of drug-likeness (QED) is 0.444. The molecule has 0 atom stereocenters. The lowest BCUT2D eigenvalue weighted by Crippen LogP contribution is -2.23. The third-order valence-corrected chi connectivity index (χ3v) is 2.88. The lowest BCUT2D eigenvalue weighted by molar-refractivity contribution is -0.144. The average molecular weight is 254 g/mol. The second-order valence-corrected chi connectivity index (χ2v) is 5.75. The van der Waals surface area contributed by atoms with Crippen LogP contribution in [0.1, 0.15) is 66.2 Å². The Hall–Kier alpha value is -0.990. The number of carbonyl (C=O) groups excluding carboxylic acids is 3. The minimum Gasteiger partial charge on any atom is -0.290 e. The lowest BCUT2D eigenvalue weighted by atomic mass is 9.99. The largest absolute Gasteiger partial charge is 0.290 e. The standard InChI is InChI=1S/C15H26O3/c1-11(2)7-5-9-13(16)15(18)14(17)10-6-8-12(3)4/h11-12H,5-10H2,1-4H3. The van der Waals surface area contributed by atoms with E-state index in [0.29, 0.717) is 24.7 Å². The van der Waals surface area contributed by atoms with E-state index in [-0.39, 0.29) is 12.8 Å². The summed E-state index contributed by atoms with van der Waals surface area (Å²) in [5.41, 5.74) is 0. The molecule has 0 aromatic rings. The lowest BCUT2D eigenvalue weighted by Gasteiger charge is -2.04. The van der Waals surface area contributed by atoms with Gasteiger partial charge in [-0.1, -0.05) is 40.5 Å².